The number of anilines is 1. The molecule has 142 valence electrons. The molecule has 7 heteroatoms. The van der Waals surface area contributed by atoms with E-state index >= 15 is 0 Å². The predicted molar refractivity (Wildman–Crippen MR) is 105 cm³/mol. The third-order valence-corrected chi connectivity index (χ3v) is 5.92. The minimum absolute atomic E-state index is 0.0308. The molecule has 0 bridgehead atoms. The molecular weight excluding hydrogens is 362 g/mol. The van der Waals surface area contributed by atoms with Gasteiger partial charge in [0.2, 0.25) is 5.91 Å². The number of carbonyl (C=O) groups excluding carboxylic acids is 2. The first-order valence-corrected chi connectivity index (χ1v) is 10.2. The van der Waals surface area contributed by atoms with Crippen molar-refractivity contribution in [2.45, 2.75) is 19.4 Å². The monoisotopic (exact) mass is 385 g/mol. The van der Waals surface area contributed by atoms with Crippen LogP contribution in [0.4, 0.5) is 10.5 Å². The van der Waals surface area contributed by atoms with E-state index in [0.717, 1.165) is 29.2 Å². The van der Waals surface area contributed by atoms with E-state index in [1.54, 1.807) is 21.1 Å². The van der Waals surface area contributed by atoms with E-state index in [0.29, 0.717) is 32.8 Å². The number of ether oxygens (including phenoxy) is 1. The average molecular weight is 385 g/mol. The predicted octanol–water partition coefficient (Wildman–Crippen LogP) is 3.10. The van der Waals surface area contributed by atoms with Crippen LogP contribution in [0.2, 0.25) is 0 Å². The number of nitrogens with one attached hydrogen (secondary N) is 1. The van der Waals surface area contributed by atoms with Crippen molar-refractivity contribution in [3.8, 4) is 5.75 Å². The van der Waals surface area contributed by atoms with Crippen LogP contribution < -0.4 is 15.0 Å². The molecule has 0 saturated carbocycles. The van der Waals surface area contributed by atoms with Crippen LogP contribution in [0.5, 0.6) is 5.75 Å². The Morgan fingerprint density at radius 3 is 2.93 bits per heavy atom. The molecule has 0 aliphatic carbocycles. The summed E-state index contributed by atoms with van der Waals surface area (Å²) >= 11 is 1.63. The Bertz CT molecular complexity index is 809. The molecule has 2 aromatic rings. The molecule has 6 nitrogen and oxygen atoms in total. The average Bonchev–Trinajstić information content (AvgIpc) is 3.25. The van der Waals surface area contributed by atoms with E-state index in [2.05, 4.69) is 5.32 Å². The quantitative estimate of drug-likeness (QED) is 0.883. The van der Waals surface area contributed by atoms with Gasteiger partial charge in [-0.05, 0) is 36.4 Å². The van der Waals surface area contributed by atoms with Gasteiger partial charge in [-0.25, -0.2) is 4.79 Å². The number of urea groups is 1. The number of para-hydroxylation sites is 2. The summed E-state index contributed by atoms with van der Waals surface area (Å²) in [7, 11) is 0. The first-order chi connectivity index (χ1) is 13.2. The number of benzene rings is 1. The Kier molecular flexibility index (Phi) is 5.29. The van der Waals surface area contributed by atoms with Gasteiger partial charge < -0.3 is 15.0 Å². The zero-order chi connectivity index (χ0) is 18.6. The molecule has 4 rings (SSSR count). The summed E-state index contributed by atoms with van der Waals surface area (Å²) in [6.07, 6.45) is 1.66. The van der Waals surface area contributed by atoms with Crippen molar-refractivity contribution >= 4 is 29.0 Å². The van der Waals surface area contributed by atoms with Crippen molar-refractivity contribution in [3.05, 3.63) is 46.7 Å². The van der Waals surface area contributed by atoms with Crippen LogP contribution in [0.25, 0.3) is 0 Å². The molecule has 0 spiro atoms. The minimum atomic E-state index is -0.154. The second kappa shape index (κ2) is 8.00. The largest absolute Gasteiger partial charge is 0.490 e. The van der Waals surface area contributed by atoms with Gasteiger partial charge in [-0.1, -0.05) is 18.2 Å². The highest BCUT2D eigenvalue weighted by molar-refractivity contribution is 7.09. The van der Waals surface area contributed by atoms with Crippen molar-refractivity contribution in [1.29, 1.82) is 0 Å². The van der Waals surface area contributed by atoms with Crippen LogP contribution in [-0.2, 0) is 11.3 Å². The van der Waals surface area contributed by atoms with E-state index in [4.69, 9.17) is 4.74 Å². The van der Waals surface area contributed by atoms with Crippen LogP contribution >= 0.6 is 11.3 Å². The molecule has 3 amide bonds. The standard InChI is InChI=1S/C20H23N3O3S/c24-19(21-13-16-6-4-12-27-16)15-5-3-9-22(14-15)20(25)23-10-11-26-18-8-2-1-7-17(18)23/h1-2,4,6-8,12,15H,3,5,9-11,13-14H2,(H,21,24)/t15-/m1/s1. The van der Waals surface area contributed by atoms with Crippen LogP contribution in [0.3, 0.4) is 0 Å². The van der Waals surface area contributed by atoms with Gasteiger partial charge in [-0.2, -0.15) is 0 Å². The van der Waals surface area contributed by atoms with Gasteiger partial charge in [0.1, 0.15) is 12.4 Å². The lowest BCUT2D eigenvalue weighted by molar-refractivity contribution is -0.126. The number of nitrogens with zero attached hydrogens (tertiary/aromatic N) is 2. The number of fused-ring (bicyclic) bond motifs is 1. The fourth-order valence-electron chi connectivity index (χ4n) is 3.64. The van der Waals surface area contributed by atoms with E-state index in [9.17, 15) is 9.59 Å². The highest BCUT2D eigenvalue weighted by Gasteiger charge is 2.33. The number of amides is 3. The highest BCUT2D eigenvalue weighted by atomic mass is 32.1. The fraction of sp³-hybridized carbons (Fsp3) is 0.400. The molecule has 0 unspecified atom stereocenters. The van der Waals surface area contributed by atoms with Gasteiger partial charge in [0.15, 0.2) is 0 Å². The molecule has 0 radical (unpaired) electrons. The Labute approximate surface area is 162 Å². The van der Waals surface area contributed by atoms with E-state index in [1.165, 1.54) is 0 Å². The number of piperidine rings is 1. The Morgan fingerprint density at radius 1 is 1.19 bits per heavy atom. The maximum atomic E-state index is 13.1. The van der Waals surface area contributed by atoms with E-state index < -0.39 is 0 Å². The fourth-order valence-corrected chi connectivity index (χ4v) is 4.28. The third kappa shape index (κ3) is 3.93. The normalized spacial score (nSPS) is 19.2. The van der Waals surface area contributed by atoms with E-state index in [-0.39, 0.29) is 17.9 Å². The van der Waals surface area contributed by atoms with E-state index in [1.807, 2.05) is 41.8 Å². The summed E-state index contributed by atoms with van der Waals surface area (Å²) in [5, 5.41) is 5.01. The number of hydrogen-bond acceptors (Lipinski definition) is 4. The Balaban J connectivity index is 1.39. The summed E-state index contributed by atoms with van der Waals surface area (Å²) < 4.78 is 5.64. The maximum Gasteiger partial charge on any atom is 0.324 e. The van der Waals surface area contributed by atoms with Crippen molar-refractivity contribution in [2.75, 3.05) is 31.1 Å². The van der Waals surface area contributed by atoms with Crippen molar-refractivity contribution in [2.24, 2.45) is 5.92 Å². The summed E-state index contributed by atoms with van der Waals surface area (Å²) in [4.78, 5) is 30.4. The number of rotatable bonds is 3. The first-order valence-electron chi connectivity index (χ1n) is 9.31. The van der Waals surface area contributed by atoms with Crippen LogP contribution in [0.1, 0.15) is 17.7 Å². The smallest absolute Gasteiger partial charge is 0.324 e. The van der Waals surface area contributed by atoms with Gasteiger partial charge in [0.05, 0.1) is 24.7 Å². The number of hydrogen-bond donors (Lipinski definition) is 1. The molecule has 1 atom stereocenters. The van der Waals surface area contributed by atoms with Crippen molar-refractivity contribution < 1.29 is 14.3 Å². The summed E-state index contributed by atoms with van der Waals surface area (Å²) in [6, 6.07) is 11.5. The molecule has 1 saturated heterocycles. The Morgan fingerprint density at radius 2 is 2.07 bits per heavy atom. The summed E-state index contributed by atoms with van der Waals surface area (Å²) in [6.45, 7) is 2.72. The first kappa shape index (κ1) is 17.9. The second-order valence-corrected chi connectivity index (χ2v) is 7.86. The van der Waals surface area contributed by atoms with Crippen molar-refractivity contribution in [1.82, 2.24) is 10.2 Å². The summed E-state index contributed by atoms with van der Waals surface area (Å²) in [5.74, 6) is 0.613. The van der Waals surface area contributed by atoms with Gasteiger partial charge in [0.25, 0.3) is 0 Å². The molecule has 27 heavy (non-hydrogen) atoms. The number of carbonyl (C=O) groups is 2. The van der Waals surface area contributed by atoms with Gasteiger partial charge in [-0.15, -0.1) is 11.3 Å². The van der Waals surface area contributed by atoms with Crippen molar-refractivity contribution in [3.63, 3.8) is 0 Å². The lowest BCUT2D eigenvalue weighted by atomic mass is 9.97. The zero-order valence-corrected chi connectivity index (χ0v) is 15.9. The topological polar surface area (TPSA) is 61.9 Å². The van der Waals surface area contributed by atoms with Gasteiger partial charge in [0, 0.05) is 18.0 Å². The molecule has 2 aliphatic rings. The molecule has 1 aromatic heterocycles. The summed E-state index contributed by atoms with van der Waals surface area (Å²) in [5.41, 5.74) is 0.804. The highest BCUT2D eigenvalue weighted by Crippen LogP contribution is 2.32. The molecule has 1 fully saturated rings. The molecule has 1 N–H and O–H groups in total. The van der Waals surface area contributed by atoms with Gasteiger partial charge in [-0.3, -0.25) is 9.69 Å². The van der Waals surface area contributed by atoms with Crippen LogP contribution in [0.15, 0.2) is 41.8 Å². The van der Waals surface area contributed by atoms with Crippen LogP contribution in [-0.4, -0.2) is 43.1 Å². The second-order valence-electron chi connectivity index (χ2n) is 6.83. The van der Waals surface area contributed by atoms with Gasteiger partial charge >= 0.3 is 6.03 Å². The minimum Gasteiger partial charge on any atom is -0.490 e. The zero-order valence-electron chi connectivity index (χ0n) is 15.1. The SMILES string of the molecule is O=C(NCc1cccs1)[C@@H]1CCCN(C(=O)N2CCOc3ccccc32)C1. The number of likely N-dealkylation sites (tertiary alicyclic amines) is 1. The Hall–Kier alpha value is -2.54. The van der Waals surface area contributed by atoms with Crippen LogP contribution in [0, 0.1) is 5.92 Å². The molecule has 1 aromatic carbocycles. The molecule has 2 aliphatic heterocycles. The lowest BCUT2D eigenvalue weighted by Crippen LogP contribution is -2.52. The molecular formula is C20H23N3O3S. The number of thiophene rings is 1. The lowest BCUT2D eigenvalue weighted by Gasteiger charge is -2.37. The molecule has 3 heterocycles. The third-order valence-electron chi connectivity index (χ3n) is 5.04. The maximum absolute atomic E-state index is 13.1.